The quantitative estimate of drug-likeness (QED) is 0.863. The molecule has 1 aromatic rings. The Kier molecular flexibility index (Phi) is 3.21. The van der Waals surface area contributed by atoms with Crippen LogP contribution in [-0.2, 0) is 19.4 Å². The molecule has 0 radical (unpaired) electrons. The highest BCUT2D eigenvalue weighted by Crippen LogP contribution is 2.22. The summed E-state index contributed by atoms with van der Waals surface area (Å²) in [7, 11) is 0. The first-order chi connectivity index (χ1) is 8.01. The highest BCUT2D eigenvalue weighted by molar-refractivity contribution is 5.30. The molecular weight excluding hydrogens is 212 g/mol. The third kappa shape index (κ3) is 2.67. The molecule has 0 aromatic carbocycles. The summed E-state index contributed by atoms with van der Waals surface area (Å²) in [5.41, 5.74) is 7.57. The van der Waals surface area contributed by atoms with E-state index < -0.39 is 0 Å². The van der Waals surface area contributed by atoms with Crippen molar-refractivity contribution >= 4 is 0 Å². The SMILES string of the molecule is CC(C)(N)CCc1nc(C#N)c2n1CCCC2. The zero-order valence-corrected chi connectivity index (χ0v) is 10.7. The lowest BCUT2D eigenvalue weighted by Gasteiger charge is -2.20. The van der Waals surface area contributed by atoms with Gasteiger partial charge < -0.3 is 10.3 Å². The van der Waals surface area contributed by atoms with Crippen LogP contribution in [0.1, 0.15) is 50.3 Å². The number of hydrogen-bond donors (Lipinski definition) is 1. The van der Waals surface area contributed by atoms with Crippen molar-refractivity contribution in [3.05, 3.63) is 17.2 Å². The predicted octanol–water partition coefficient (Wildman–Crippen LogP) is 1.76. The van der Waals surface area contributed by atoms with Crippen molar-refractivity contribution in [2.45, 2.75) is 58.0 Å². The van der Waals surface area contributed by atoms with Crippen molar-refractivity contribution in [2.24, 2.45) is 5.73 Å². The third-order valence-corrected chi connectivity index (χ3v) is 3.30. The number of nitrogens with two attached hydrogens (primary N) is 1. The second kappa shape index (κ2) is 4.50. The largest absolute Gasteiger partial charge is 0.331 e. The Morgan fingerprint density at radius 2 is 2.24 bits per heavy atom. The van der Waals surface area contributed by atoms with Gasteiger partial charge in [-0.15, -0.1) is 0 Å². The Morgan fingerprint density at radius 3 is 2.88 bits per heavy atom. The lowest BCUT2D eigenvalue weighted by molar-refractivity contribution is 0.452. The molecule has 0 atom stereocenters. The van der Waals surface area contributed by atoms with Gasteiger partial charge in [-0.3, -0.25) is 0 Å². The molecule has 0 aliphatic carbocycles. The molecule has 0 unspecified atom stereocenters. The van der Waals surface area contributed by atoms with Gasteiger partial charge in [-0.2, -0.15) is 5.26 Å². The average molecular weight is 232 g/mol. The van der Waals surface area contributed by atoms with Crippen molar-refractivity contribution in [1.82, 2.24) is 9.55 Å². The van der Waals surface area contributed by atoms with Gasteiger partial charge in [-0.05, 0) is 39.5 Å². The van der Waals surface area contributed by atoms with E-state index in [1.807, 2.05) is 13.8 Å². The summed E-state index contributed by atoms with van der Waals surface area (Å²) >= 11 is 0. The van der Waals surface area contributed by atoms with E-state index in [4.69, 9.17) is 11.0 Å². The number of aryl methyl sites for hydroxylation is 1. The molecule has 0 bridgehead atoms. The van der Waals surface area contributed by atoms with Crippen LogP contribution in [0.25, 0.3) is 0 Å². The fraction of sp³-hybridized carbons (Fsp3) is 0.692. The van der Waals surface area contributed by atoms with Crippen molar-refractivity contribution < 1.29 is 0 Å². The first-order valence-corrected chi connectivity index (χ1v) is 6.28. The van der Waals surface area contributed by atoms with E-state index in [-0.39, 0.29) is 5.54 Å². The highest BCUT2D eigenvalue weighted by atomic mass is 15.1. The molecule has 92 valence electrons. The molecule has 1 aliphatic rings. The van der Waals surface area contributed by atoms with Gasteiger partial charge in [0.15, 0.2) is 5.69 Å². The monoisotopic (exact) mass is 232 g/mol. The Morgan fingerprint density at radius 1 is 1.47 bits per heavy atom. The van der Waals surface area contributed by atoms with Crippen LogP contribution in [0, 0.1) is 11.3 Å². The van der Waals surface area contributed by atoms with Gasteiger partial charge >= 0.3 is 0 Å². The number of nitriles is 1. The maximum Gasteiger partial charge on any atom is 0.161 e. The number of nitrogens with zero attached hydrogens (tertiary/aromatic N) is 3. The minimum atomic E-state index is -0.173. The van der Waals surface area contributed by atoms with Gasteiger partial charge in [-0.25, -0.2) is 4.98 Å². The lowest BCUT2D eigenvalue weighted by Crippen LogP contribution is -2.32. The van der Waals surface area contributed by atoms with E-state index in [1.165, 1.54) is 12.8 Å². The summed E-state index contributed by atoms with van der Waals surface area (Å²) in [6.07, 6.45) is 5.10. The lowest BCUT2D eigenvalue weighted by atomic mass is 10.00. The van der Waals surface area contributed by atoms with E-state index in [1.54, 1.807) is 0 Å². The predicted molar refractivity (Wildman–Crippen MR) is 66.5 cm³/mol. The van der Waals surface area contributed by atoms with Crippen molar-refractivity contribution in [2.75, 3.05) is 0 Å². The topological polar surface area (TPSA) is 67.6 Å². The molecule has 1 aliphatic heterocycles. The van der Waals surface area contributed by atoms with Crippen LogP contribution in [-0.4, -0.2) is 15.1 Å². The molecule has 17 heavy (non-hydrogen) atoms. The zero-order valence-electron chi connectivity index (χ0n) is 10.7. The summed E-state index contributed by atoms with van der Waals surface area (Å²) in [5, 5.41) is 9.08. The molecule has 2 heterocycles. The van der Waals surface area contributed by atoms with Crippen LogP contribution >= 0.6 is 0 Å². The van der Waals surface area contributed by atoms with Crippen molar-refractivity contribution in [1.29, 1.82) is 5.26 Å². The molecule has 0 fully saturated rings. The highest BCUT2D eigenvalue weighted by Gasteiger charge is 2.21. The Balaban J connectivity index is 2.23. The summed E-state index contributed by atoms with van der Waals surface area (Å²) in [5.74, 6) is 1.04. The Labute approximate surface area is 102 Å². The van der Waals surface area contributed by atoms with Gasteiger partial charge in [-0.1, -0.05) is 0 Å². The fourth-order valence-electron chi connectivity index (χ4n) is 2.33. The van der Waals surface area contributed by atoms with Crippen molar-refractivity contribution in [3.8, 4) is 6.07 Å². The number of aromatic nitrogens is 2. The van der Waals surface area contributed by atoms with Gasteiger partial charge in [0.2, 0.25) is 0 Å². The van der Waals surface area contributed by atoms with Gasteiger partial charge in [0, 0.05) is 18.5 Å². The molecule has 0 saturated carbocycles. The normalized spacial score (nSPS) is 15.4. The summed E-state index contributed by atoms with van der Waals surface area (Å²) in [4.78, 5) is 4.46. The van der Waals surface area contributed by atoms with Crippen LogP contribution in [0.15, 0.2) is 0 Å². The second-order valence-electron chi connectivity index (χ2n) is 5.53. The van der Waals surface area contributed by atoms with Crippen LogP contribution in [0.3, 0.4) is 0 Å². The van der Waals surface area contributed by atoms with E-state index in [0.717, 1.165) is 37.3 Å². The minimum Gasteiger partial charge on any atom is -0.331 e. The van der Waals surface area contributed by atoms with Gasteiger partial charge in [0.25, 0.3) is 0 Å². The third-order valence-electron chi connectivity index (χ3n) is 3.30. The zero-order chi connectivity index (χ0) is 12.5. The first kappa shape index (κ1) is 12.1. The van der Waals surface area contributed by atoms with Crippen LogP contribution < -0.4 is 5.73 Å². The van der Waals surface area contributed by atoms with E-state index in [0.29, 0.717) is 5.69 Å². The second-order valence-corrected chi connectivity index (χ2v) is 5.53. The van der Waals surface area contributed by atoms with E-state index >= 15 is 0 Å². The Hall–Kier alpha value is -1.34. The number of fused-ring (bicyclic) bond motifs is 1. The number of hydrogen-bond acceptors (Lipinski definition) is 3. The summed E-state index contributed by atoms with van der Waals surface area (Å²) < 4.78 is 2.23. The van der Waals surface area contributed by atoms with Gasteiger partial charge in [0.05, 0.1) is 5.69 Å². The minimum absolute atomic E-state index is 0.173. The number of rotatable bonds is 3. The van der Waals surface area contributed by atoms with E-state index in [2.05, 4.69) is 15.6 Å². The molecule has 1 aromatic heterocycles. The molecule has 2 rings (SSSR count). The molecule has 0 spiro atoms. The summed E-state index contributed by atoms with van der Waals surface area (Å²) in [6.45, 7) is 5.06. The summed E-state index contributed by atoms with van der Waals surface area (Å²) in [6, 6.07) is 2.21. The first-order valence-electron chi connectivity index (χ1n) is 6.28. The van der Waals surface area contributed by atoms with Crippen molar-refractivity contribution in [3.63, 3.8) is 0 Å². The van der Waals surface area contributed by atoms with Gasteiger partial charge in [0.1, 0.15) is 11.9 Å². The van der Waals surface area contributed by atoms with Crippen LogP contribution in [0.4, 0.5) is 0 Å². The smallest absolute Gasteiger partial charge is 0.161 e. The molecular formula is C13H20N4. The molecule has 4 nitrogen and oxygen atoms in total. The molecule has 4 heteroatoms. The average Bonchev–Trinajstić information content (AvgIpc) is 2.64. The van der Waals surface area contributed by atoms with Crippen LogP contribution in [0.5, 0.6) is 0 Å². The maximum absolute atomic E-state index is 9.08. The standard InChI is InChI=1S/C13H20N4/c1-13(2,15)7-6-12-16-10(9-14)11-5-3-4-8-17(11)12/h3-8,15H2,1-2H3. The molecule has 0 amide bonds. The fourth-order valence-corrected chi connectivity index (χ4v) is 2.33. The van der Waals surface area contributed by atoms with E-state index in [9.17, 15) is 0 Å². The maximum atomic E-state index is 9.08. The number of imidazole rings is 1. The Bertz CT molecular complexity index is 445. The molecule has 0 saturated heterocycles. The molecule has 2 N–H and O–H groups in total. The van der Waals surface area contributed by atoms with Crippen LogP contribution in [0.2, 0.25) is 0 Å².